The number of hydrogen-bond acceptors (Lipinski definition) is 5. The monoisotopic (exact) mass is 320 g/mol. The number of carbonyl (C=O) groups is 1. The predicted molar refractivity (Wildman–Crippen MR) is 86.4 cm³/mol. The predicted octanol–water partition coefficient (Wildman–Crippen LogP) is 2.75. The molecule has 0 aliphatic carbocycles. The van der Waals surface area contributed by atoms with Crippen LogP contribution >= 0.6 is 11.8 Å². The first-order valence-corrected chi connectivity index (χ1v) is 8.04. The Morgan fingerprint density at radius 1 is 1.36 bits per heavy atom. The molecule has 0 bridgehead atoms. The smallest absolute Gasteiger partial charge is 0.256 e. The van der Waals surface area contributed by atoms with Crippen LogP contribution in [0.1, 0.15) is 17.0 Å². The summed E-state index contributed by atoms with van der Waals surface area (Å²) in [6.07, 6.45) is 0.734. The number of ether oxygens (including phenoxy) is 1. The van der Waals surface area contributed by atoms with Crippen molar-refractivity contribution in [3.63, 3.8) is 0 Å². The molecule has 1 heterocycles. The van der Waals surface area contributed by atoms with Crippen molar-refractivity contribution in [1.82, 2.24) is 10.3 Å². The number of amides is 1. The lowest BCUT2D eigenvalue weighted by Crippen LogP contribution is -2.27. The number of nitrogens with one attached hydrogen (secondary N) is 1. The Kier molecular flexibility index (Phi) is 5.89. The maximum atomic E-state index is 11.8. The standard InChI is InChI=1S/C16H20N2O3S/c1-11-12(2)21-16(18-11)22-10-15(19)17-9-8-13-6-4-5-7-14(13)20-3/h4-7H,8-10H2,1-3H3,(H,17,19). The first-order valence-electron chi connectivity index (χ1n) is 7.05. The summed E-state index contributed by atoms with van der Waals surface area (Å²) in [4.78, 5) is 16.1. The molecule has 0 radical (unpaired) electrons. The van der Waals surface area contributed by atoms with Gasteiger partial charge in [-0.25, -0.2) is 4.98 Å². The third kappa shape index (κ3) is 4.53. The third-order valence-corrected chi connectivity index (χ3v) is 4.07. The van der Waals surface area contributed by atoms with E-state index in [-0.39, 0.29) is 5.91 Å². The average Bonchev–Trinajstić information content (AvgIpc) is 2.84. The zero-order valence-corrected chi connectivity index (χ0v) is 13.8. The van der Waals surface area contributed by atoms with E-state index in [0.29, 0.717) is 17.5 Å². The fraction of sp³-hybridized carbons (Fsp3) is 0.375. The summed E-state index contributed by atoms with van der Waals surface area (Å²) in [5, 5.41) is 3.43. The van der Waals surface area contributed by atoms with Crippen LogP contribution in [0.3, 0.4) is 0 Å². The summed E-state index contributed by atoms with van der Waals surface area (Å²) >= 11 is 1.30. The van der Waals surface area contributed by atoms with Gasteiger partial charge in [0.1, 0.15) is 11.5 Å². The number of benzene rings is 1. The summed E-state index contributed by atoms with van der Waals surface area (Å²) in [6, 6.07) is 7.80. The molecule has 1 N–H and O–H groups in total. The van der Waals surface area contributed by atoms with Gasteiger partial charge in [0.15, 0.2) is 0 Å². The van der Waals surface area contributed by atoms with Gasteiger partial charge in [-0.05, 0) is 31.9 Å². The first kappa shape index (κ1) is 16.4. The number of rotatable bonds is 7. The van der Waals surface area contributed by atoms with Crippen molar-refractivity contribution in [2.24, 2.45) is 0 Å². The highest BCUT2D eigenvalue weighted by Gasteiger charge is 2.09. The quantitative estimate of drug-likeness (QED) is 0.795. The van der Waals surface area contributed by atoms with Crippen LogP contribution in [-0.2, 0) is 11.2 Å². The molecule has 0 spiro atoms. The van der Waals surface area contributed by atoms with Crippen LogP contribution in [0.2, 0.25) is 0 Å². The van der Waals surface area contributed by atoms with Crippen molar-refractivity contribution < 1.29 is 13.9 Å². The largest absolute Gasteiger partial charge is 0.496 e. The maximum absolute atomic E-state index is 11.8. The molecule has 2 rings (SSSR count). The summed E-state index contributed by atoms with van der Waals surface area (Å²) in [5.41, 5.74) is 1.94. The van der Waals surface area contributed by atoms with E-state index in [1.54, 1.807) is 7.11 Å². The van der Waals surface area contributed by atoms with E-state index in [1.807, 2.05) is 38.1 Å². The van der Waals surface area contributed by atoms with Crippen LogP contribution in [0.4, 0.5) is 0 Å². The molecule has 0 fully saturated rings. The number of aromatic nitrogens is 1. The molecular weight excluding hydrogens is 300 g/mol. The molecule has 0 aliphatic rings. The van der Waals surface area contributed by atoms with Crippen LogP contribution < -0.4 is 10.1 Å². The van der Waals surface area contributed by atoms with Gasteiger partial charge in [-0.1, -0.05) is 30.0 Å². The molecule has 22 heavy (non-hydrogen) atoms. The summed E-state index contributed by atoms with van der Waals surface area (Å²) < 4.78 is 10.7. The average molecular weight is 320 g/mol. The zero-order valence-electron chi connectivity index (χ0n) is 13.0. The second-order valence-corrected chi connectivity index (χ2v) is 5.75. The fourth-order valence-electron chi connectivity index (χ4n) is 1.93. The van der Waals surface area contributed by atoms with Crippen molar-refractivity contribution in [3.8, 4) is 5.75 Å². The second-order valence-electron chi connectivity index (χ2n) is 4.82. The van der Waals surface area contributed by atoms with E-state index in [2.05, 4.69) is 10.3 Å². The van der Waals surface area contributed by atoms with Gasteiger partial charge in [0.25, 0.3) is 5.22 Å². The lowest BCUT2D eigenvalue weighted by Gasteiger charge is -2.08. The van der Waals surface area contributed by atoms with E-state index >= 15 is 0 Å². The second kappa shape index (κ2) is 7.89. The molecule has 0 saturated heterocycles. The Labute approximate surface area is 134 Å². The molecule has 5 nitrogen and oxygen atoms in total. The highest BCUT2D eigenvalue weighted by Crippen LogP contribution is 2.20. The summed E-state index contributed by atoms with van der Waals surface area (Å²) in [6.45, 7) is 4.32. The Balaban J connectivity index is 1.74. The SMILES string of the molecule is COc1ccccc1CCNC(=O)CSc1nc(C)c(C)o1. The third-order valence-electron chi connectivity index (χ3n) is 3.24. The number of nitrogens with zero attached hydrogens (tertiary/aromatic N) is 1. The molecule has 1 amide bonds. The van der Waals surface area contributed by atoms with Crippen molar-refractivity contribution in [1.29, 1.82) is 0 Å². The van der Waals surface area contributed by atoms with Crippen molar-refractivity contribution in [3.05, 3.63) is 41.3 Å². The number of aryl methyl sites for hydroxylation is 2. The van der Waals surface area contributed by atoms with Crippen LogP contribution in [0.25, 0.3) is 0 Å². The van der Waals surface area contributed by atoms with Crippen LogP contribution in [-0.4, -0.2) is 30.3 Å². The molecule has 0 saturated carbocycles. The molecule has 0 aliphatic heterocycles. The molecular formula is C16H20N2O3S. The van der Waals surface area contributed by atoms with Crippen molar-refractivity contribution >= 4 is 17.7 Å². The Hall–Kier alpha value is -1.95. The molecule has 0 unspecified atom stereocenters. The minimum Gasteiger partial charge on any atom is -0.496 e. The summed E-state index contributed by atoms with van der Waals surface area (Å²) in [7, 11) is 1.65. The van der Waals surface area contributed by atoms with E-state index in [4.69, 9.17) is 9.15 Å². The van der Waals surface area contributed by atoms with Gasteiger partial charge < -0.3 is 14.5 Å². The molecule has 2 aromatic rings. The Bertz CT molecular complexity index is 621. The number of oxazole rings is 1. The fourth-order valence-corrected chi connectivity index (χ4v) is 2.67. The minimum atomic E-state index is -0.0339. The highest BCUT2D eigenvalue weighted by molar-refractivity contribution is 7.99. The van der Waals surface area contributed by atoms with Gasteiger partial charge in [0.05, 0.1) is 18.6 Å². The van der Waals surface area contributed by atoms with Crippen LogP contribution in [0, 0.1) is 13.8 Å². The molecule has 1 aromatic heterocycles. The van der Waals surface area contributed by atoms with Gasteiger partial charge in [0, 0.05) is 6.54 Å². The van der Waals surface area contributed by atoms with Gasteiger partial charge in [0.2, 0.25) is 5.91 Å². The normalized spacial score (nSPS) is 10.5. The van der Waals surface area contributed by atoms with Crippen molar-refractivity contribution in [2.45, 2.75) is 25.5 Å². The van der Waals surface area contributed by atoms with Crippen molar-refractivity contribution in [2.75, 3.05) is 19.4 Å². The zero-order chi connectivity index (χ0) is 15.9. The van der Waals surface area contributed by atoms with Gasteiger partial charge in [-0.2, -0.15) is 0 Å². The number of hydrogen-bond donors (Lipinski definition) is 1. The molecule has 1 aromatic carbocycles. The Morgan fingerprint density at radius 2 is 2.14 bits per heavy atom. The minimum absolute atomic E-state index is 0.0339. The van der Waals surface area contributed by atoms with E-state index in [9.17, 15) is 4.79 Å². The van der Waals surface area contributed by atoms with Gasteiger partial charge in [-0.3, -0.25) is 4.79 Å². The topological polar surface area (TPSA) is 64.4 Å². The summed E-state index contributed by atoms with van der Waals surface area (Å²) in [5.74, 6) is 1.90. The van der Waals surface area contributed by atoms with Crippen LogP contribution in [0.15, 0.2) is 33.9 Å². The van der Waals surface area contributed by atoms with Gasteiger partial charge in [-0.15, -0.1) is 0 Å². The molecule has 118 valence electrons. The first-order chi connectivity index (χ1) is 10.6. The van der Waals surface area contributed by atoms with E-state index in [1.165, 1.54) is 11.8 Å². The number of carbonyl (C=O) groups excluding carboxylic acids is 1. The lowest BCUT2D eigenvalue weighted by molar-refractivity contribution is -0.118. The van der Waals surface area contributed by atoms with E-state index < -0.39 is 0 Å². The van der Waals surface area contributed by atoms with E-state index in [0.717, 1.165) is 29.2 Å². The Morgan fingerprint density at radius 3 is 2.82 bits per heavy atom. The van der Waals surface area contributed by atoms with Crippen LogP contribution in [0.5, 0.6) is 5.75 Å². The maximum Gasteiger partial charge on any atom is 0.256 e. The number of thioether (sulfide) groups is 1. The lowest BCUT2D eigenvalue weighted by atomic mass is 10.1. The van der Waals surface area contributed by atoms with Gasteiger partial charge >= 0.3 is 0 Å². The number of methoxy groups -OCH3 is 1. The highest BCUT2D eigenvalue weighted by atomic mass is 32.2. The molecule has 0 atom stereocenters. The molecule has 6 heteroatoms. The number of para-hydroxylation sites is 1.